The normalized spacial score (nSPS) is 26.5. The Morgan fingerprint density at radius 3 is 2.55 bits per heavy atom. The first-order valence-electron chi connectivity index (χ1n) is 11.1. The van der Waals surface area contributed by atoms with Crippen molar-refractivity contribution in [3.8, 4) is 0 Å². The molecule has 8 nitrogen and oxygen atoms in total. The van der Waals surface area contributed by atoms with Gasteiger partial charge < -0.3 is 16.2 Å². The zero-order valence-electron chi connectivity index (χ0n) is 18.6. The summed E-state index contributed by atoms with van der Waals surface area (Å²) in [6.07, 6.45) is 4.85. The number of benzene rings is 1. The summed E-state index contributed by atoms with van der Waals surface area (Å²) in [5.74, 6) is 0.912. The van der Waals surface area contributed by atoms with E-state index in [1.807, 2.05) is 19.2 Å². The van der Waals surface area contributed by atoms with Gasteiger partial charge >= 0.3 is 0 Å². The average molecular weight is 487 g/mol. The van der Waals surface area contributed by atoms with Gasteiger partial charge in [-0.05, 0) is 61.0 Å². The highest BCUT2D eigenvalue weighted by molar-refractivity contribution is 7.28. The number of amides is 1. The highest BCUT2D eigenvalue weighted by atomic mass is 35.5. The third kappa shape index (κ3) is 3.84. The van der Waals surface area contributed by atoms with E-state index in [-0.39, 0.29) is 11.8 Å². The summed E-state index contributed by atoms with van der Waals surface area (Å²) in [5, 5.41) is 24.5. The molecule has 2 heterocycles. The Balaban J connectivity index is 1.36. The van der Waals surface area contributed by atoms with Crippen molar-refractivity contribution in [1.29, 1.82) is 0 Å². The second-order valence-corrected chi connectivity index (χ2v) is 10.5. The van der Waals surface area contributed by atoms with Gasteiger partial charge in [-0.2, -0.15) is 10.2 Å². The van der Waals surface area contributed by atoms with E-state index in [0.29, 0.717) is 46.8 Å². The predicted octanol–water partition coefficient (Wildman–Crippen LogP) is 2.93. The summed E-state index contributed by atoms with van der Waals surface area (Å²) < 4.78 is 3.33. The first-order chi connectivity index (χ1) is 15.7. The molecular formula is C23H28ClN6O2P. The number of rotatable bonds is 4. The number of hydrogen-bond acceptors (Lipinski definition) is 5. The first-order valence-corrected chi connectivity index (χ1v) is 12.0. The lowest BCUT2D eigenvalue weighted by Crippen LogP contribution is -2.26. The number of aryl methyl sites for hydroxylation is 2. The van der Waals surface area contributed by atoms with E-state index in [4.69, 9.17) is 17.3 Å². The molecule has 0 bridgehead atoms. The number of nitrogens with two attached hydrogens (primary N) is 1. The van der Waals surface area contributed by atoms with Crippen molar-refractivity contribution in [1.82, 2.24) is 19.6 Å². The van der Waals surface area contributed by atoms with Crippen LogP contribution in [0.25, 0.3) is 0 Å². The fourth-order valence-corrected chi connectivity index (χ4v) is 6.16. The van der Waals surface area contributed by atoms with Gasteiger partial charge in [-0.25, -0.2) is 0 Å². The standard InChI is InChI=1S/C23H28ClN6O2P/c1-29-18(5-6-26-29)23(32)10-13-7-12(8-14(13)11-23)20-19(21(25)30(2)28-20)22(31)27-15-3-4-17(33)16(24)9-15/h3-6,9,12-14,32H,7-8,10-11,25,33H2,1-2H3,(H,27,31). The molecule has 5 rings (SSSR count). The van der Waals surface area contributed by atoms with Crippen molar-refractivity contribution in [2.24, 2.45) is 25.9 Å². The predicted molar refractivity (Wildman–Crippen MR) is 132 cm³/mol. The smallest absolute Gasteiger partial charge is 0.261 e. The van der Waals surface area contributed by atoms with E-state index in [2.05, 4.69) is 24.8 Å². The number of aromatic nitrogens is 4. The molecule has 2 aliphatic rings. The Morgan fingerprint density at radius 2 is 1.94 bits per heavy atom. The molecule has 2 fully saturated rings. The van der Waals surface area contributed by atoms with Gasteiger partial charge in [0, 0.05) is 36.9 Å². The molecule has 2 aromatic heterocycles. The van der Waals surface area contributed by atoms with Crippen LogP contribution >= 0.6 is 20.8 Å². The summed E-state index contributed by atoms with van der Waals surface area (Å²) in [6.45, 7) is 0. The maximum Gasteiger partial charge on any atom is 0.261 e. The minimum absolute atomic E-state index is 0.123. The number of halogens is 1. The molecule has 4 N–H and O–H groups in total. The molecule has 3 aromatic rings. The van der Waals surface area contributed by atoms with Gasteiger partial charge in [-0.15, -0.1) is 9.24 Å². The fraction of sp³-hybridized carbons (Fsp3) is 0.435. The van der Waals surface area contributed by atoms with Crippen molar-refractivity contribution in [2.75, 3.05) is 11.1 Å². The molecule has 2 aliphatic carbocycles. The van der Waals surface area contributed by atoms with Crippen LogP contribution < -0.4 is 16.4 Å². The second-order valence-electron chi connectivity index (χ2n) is 9.43. The van der Waals surface area contributed by atoms with Crippen LogP contribution in [-0.2, 0) is 19.7 Å². The Morgan fingerprint density at radius 1 is 1.24 bits per heavy atom. The van der Waals surface area contributed by atoms with E-state index in [1.54, 1.807) is 34.7 Å². The molecule has 1 aromatic carbocycles. The lowest BCUT2D eigenvalue weighted by molar-refractivity contribution is 0.0263. The highest BCUT2D eigenvalue weighted by Gasteiger charge is 2.51. The maximum absolute atomic E-state index is 13.2. The molecule has 0 spiro atoms. The molecule has 174 valence electrons. The van der Waals surface area contributed by atoms with E-state index < -0.39 is 5.60 Å². The molecule has 1 amide bonds. The number of carbonyl (C=O) groups excluding carboxylic acids is 1. The van der Waals surface area contributed by atoms with Crippen molar-refractivity contribution < 1.29 is 9.90 Å². The summed E-state index contributed by atoms with van der Waals surface area (Å²) >= 11 is 6.20. The number of aliphatic hydroxyl groups is 1. The van der Waals surface area contributed by atoms with Crippen molar-refractivity contribution in [2.45, 2.75) is 37.2 Å². The summed E-state index contributed by atoms with van der Waals surface area (Å²) in [4.78, 5) is 13.2. The topological polar surface area (TPSA) is 111 Å². The number of fused-ring (bicyclic) bond motifs is 1. The van der Waals surface area contributed by atoms with Crippen molar-refractivity contribution in [3.63, 3.8) is 0 Å². The number of nitrogens with zero attached hydrogens (tertiary/aromatic N) is 4. The third-order valence-corrected chi connectivity index (χ3v) is 8.34. The molecule has 0 aliphatic heterocycles. The molecular weight excluding hydrogens is 459 g/mol. The quantitative estimate of drug-likeness (QED) is 0.491. The monoisotopic (exact) mass is 486 g/mol. The van der Waals surface area contributed by atoms with Gasteiger partial charge in [-0.3, -0.25) is 14.2 Å². The average Bonchev–Trinajstić information content (AvgIpc) is 3.48. The van der Waals surface area contributed by atoms with Gasteiger partial charge in [0.15, 0.2) is 0 Å². The van der Waals surface area contributed by atoms with Crippen LogP contribution in [0.3, 0.4) is 0 Å². The van der Waals surface area contributed by atoms with Crippen LogP contribution in [0.5, 0.6) is 0 Å². The number of anilines is 2. The molecule has 33 heavy (non-hydrogen) atoms. The first kappa shape index (κ1) is 22.4. The van der Waals surface area contributed by atoms with Crippen LogP contribution in [0.1, 0.15) is 53.3 Å². The van der Waals surface area contributed by atoms with Crippen LogP contribution in [0.4, 0.5) is 11.5 Å². The molecule has 10 heteroatoms. The van der Waals surface area contributed by atoms with E-state index in [9.17, 15) is 9.90 Å². The van der Waals surface area contributed by atoms with Gasteiger partial charge in [0.25, 0.3) is 5.91 Å². The Hall–Kier alpha value is -2.41. The van der Waals surface area contributed by atoms with Crippen molar-refractivity contribution >= 4 is 43.6 Å². The van der Waals surface area contributed by atoms with Crippen LogP contribution in [0, 0.1) is 11.8 Å². The fourth-order valence-electron chi connectivity index (χ4n) is 5.80. The molecule has 0 saturated heterocycles. The second kappa shape index (κ2) is 8.12. The third-order valence-electron chi connectivity index (χ3n) is 7.33. The van der Waals surface area contributed by atoms with E-state index >= 15 is 0 Å². The summed E-state index contributed by atoms with van der Waals surface area (Å²) in [6, 6.07) is 7.25. The molecule has 0 radical (unpaired) electrons. The van der Waals surface area contributed by atoms with Crippen LogP contribution in [-0.4, -0.2) is 30.6 Å². The van der Waals surface area contributed by atoms with Gasteiger partial charge in [0.1, 0.15) is 17.0 Å². The molecule has 2 saturated carbocycles. The van der Waals surface area contributed by atoms with Gasteiger partial charge in [0.05, 0.1) is 11.4 Å². The Bertz CT molecular complexity index is 1220. The van der Waals surface area contributed by atoms with Crippen molar-refractivity contribution in [3.05, 3.63) is 52.4 Å². The summed E-state index contributed by atoms with van der Waals surface area (Å²) in [7, 11) is 6.18. The molecule has 3 atom stereocenters. The highest BCUT2D eigenvalue weighted by Crippen LogP contribution is 2.57. The molecule has 3 unspecified atom stereocenters. The van der Waals surface area contributed by atoms with Crippen LogP contribution in [0.2, 0.25) is 5.02 Å². The maximum atomic E-state index is 13.2. The summed E-state index contributed by atoms with van der Waals surface area (Å²) in [5.41, 5.74) is 8.07. The number of nitrogens with one attached hydrogen (secondary N) is 1. The van der Waals surface area contributed by atoms with Gasteiger partial charge in [0.2, 0.25) is 0 Å². The lowest BCUT2D eigenvalue weighted by Gasteiger charge is -2.25. The minimum atomic E-state index is -0.849. The SMILES string of the molecule is Cn1nccc1C1(O)CC2CC(c3nn(C)c(N)c3C(=O)Nc3ccc(P)c(Cl)c3)CC2C1. The van der Waals surface area contributed by atoms with Gasteiger partial charge in [-0.1, -0.05) is 17.7 Å². The number of carbonyl (C=O) groups is 1. The Labute approximate surface area is 199 Å². The van der Waals surface area contributed by atoms with E-state index in [0.717, 1.165) is 29.5 Å². The van der Waals surface area contributed by atoms with E-state index in [1.165, 1.54) is 0 Å². The zero-order chi connectivity index (χ0) is 23.5. The number of hydrogen-bond donors (Lipinski definition) is 3. The number of nitrogen functional groups attached to an aromatic ring is 1. The Kier molecular flexibility index (Phi) is 5.51. The zero-order valence-corrected chi connectivity index (χ0v) is 20.5. The largest absolute Gasteiger partial charge is 0.384 e. The minimum Gasteiger partial charge on any atom is -0.384 e. The lowest BCUT2D eigenvalue weighted by atomic mass is 9.89. The van der Waals surface area contributed by atoms with Crippen LogP contribution in [0.15, 0.2) is 30.5 Å².